The van der Waals surface area contributed by atoms with Crippen LogP contribution < -0.4 is 14.8 Å². The molecule has 1 amide bonds. The highest BCUT2D eigenvalue weighted by atomic mass is 35.5. The lowest BCUT2D eigenvalue weighted by molar-refractivity contribution is -0.150. The van der Waals surface area contributed by atoms with Crippen molar-refractivity contribution in [3.05, 3.63) is 22.7 Å². The lowest BCUT2D eigenvalue weighted by Gasteiger charge is -2.18. The topological polar surface area (TPSA) is 98.6 Å². The number of halogens is 1. The van der Waals surface area contributed by atoms with E-state index in [1.807, 2.05) is 6.92 Å². The summed E-state index contributed by atoms with van der Waals surface area (Å²) in [5, 5.41) is 11.2. The molecule has 146 valence electrons. The van der Waals surface area contributed by atoms with Crippen LogP contribution >= 0.6 is 23.4 Å². The number of thioether (sulfide) groups is 1. The van der Waals surface area contributed by atoms with Crippen LogP contribution in [0.2, 0.25) is 5.02 Å². The summed E-state index contributed by atoms with van der Waals surface area (Å²) in [6.45, 7) is 5.75. The van der Waals surface area contributed by atoms with Crippen molar-refractivity contribution in [3.8, 4) is 11.5 Å². The Hall–Kier alpha value is -2.26. The molecule has 1 aromatic carbocycles. The number of esters is 1. The number of hydrogen-bond donors (Lipinski definition) is 1. The second-order valence-corrected chi connectivity index (χ2v) is 6.63. The number of carbonyl (C=O) groups is 2. The van der Waals surface area contributed by atoms with E-state index in [1.54, 1.807) is 26.0 Å². The molecule has 2 rings (SSSR count). The second-order valence-electron chi connectivity index (χ2n) is 5.26. The van der Waals surface area contributed by atoms with Crippen molar-refractivity contribution in [1.29, 1.82) is 0 Å². The number of nitrogens with one attached hydrogen (secondary N) is 1. The molecule has 1 fully saturated rings. The molecule has 0 aliphatic carbocycles. The van der Waals surface area contributed by atoms with E-state index in [-0.39, 0.29) is 23.3 Å². The predicted molar refractivity (Wildman–Crippen MR) is 105 cm³/mol. The van der Waals surface area contributed by atoms with Gasteiger partial charge in [-0.3, -0.25) is 4.79 Å². The van der Waals surface area contributed by atoms with Gasteiger partial charge in [0.05, 0.1) is 30.2 Å². The number of ether oxygens (including phenoxy) is 3. The van der Waals surface area contributed by atoms with Crippen LogP contribution in [0.15, 0.2) is 22.3 Å². The van der Waals surface area contributed by atoms with Gasteiger partial charge < -0.3 is 19.5 Å². The summed E-state index contributed by atoms with van der Waals surface area (Å²) >= 11 is 7.58. The summed E-state index contributed by atoms with van der Waals surface area (Å²) in [5.74, 6) is 0.362. The highest BCUT2D eigenvalue weighted by Crippen LogP contribution is 2.37. The van der Waals surface area contributed by atoms with Crippen molar-refractivity contribution in [2.24, 2.45) is 10.2 Å². The zero-order valence-electron chi connectivity index (χ0n) is 15.2. The van der Waals surface area contributed by atoms with Gasteiger partial charge in [0.2, 0.25) is 5.91 Å². The van der Waals surface area contributed by atoms with Crippen molar-refractivity contribution >= 4 is 46.6 Å². The van der Waals surface area contributed by atoms with Gasteiger partial charge in [0.15, 0.2) is 22.8 Å². The van der Waals surface area contributed by atoms with Crippen LogP contribution in [0.25, 0.3) is 0 Å². The minimum absolute atomic E-state index is 0.104. The molecule has 1 aliphatic heterocycles. The molecule has 1 aromatic rings. The van der Waals surface area contributed by atoms with Crippen molar-refractivity contribution < 1.29 is 23.8 Å². The summed E-state index contributed by atoms with van der Waals surface area (Å²) in [4.78, 5) is 22.9. The number of benzene rings is 1. The lowest BCUT2D eigenvalue weighted by atomic mass is 10.2. The molecular weight excluding hydrogens is 394 g/mol. The molecule has 1 N–H and O–H groups in total. The molecule has 0 aromatic heterocycles. The molecule has 0 bridgehead atoms. The van der Waals surface area contributed by atoms with Crippen LogP contribution in [0.4, 0.5) is 0 Å². The van der Waals surface area contributed by atoms with E-state index in [0.717, 1.165) is 0 Å². The van der Waals surface area contributed by atoms with Crippen molar-refractivity contribution in [2.75, 3.05) is 19.0 Å². The van der Waals surface area contributed by atoms with Crippen molar-refractivity contribution in [3.63, 3.8) is 0 Å². The van der Waals surface area contributed by atoms with E-state index in [2.05, 4.69) is 15.5 Å². The number of rotatable bonds is 8. The minimum atomic E-state index is -0.837. The first-order valence-corrected chi connectivity index (χ1v) is 9.64. The first-order valence-electron chi connectivity index (χ1n) is 8.27. The van der Waals surface area contributed by atoms with Crippen LogP contribution in [-0.4, -0.2) is 48.3 Å². The fourth-order valence-electron chi connectivity index (χ4n) is 2.05. The molecule has 1 heterocycles. The van der Waals surface area contributed by atoms with E-state index in [1.165, 1.54) is 18.0 Å². The molecule has 1 aliphatic rings. The van der Waals surface area contributed by atoms with Crippen LogP contribution in [0.1, 0.15) is 26.3 Å². The quantitative estimate of drug-likeness (QED) is 0.399. The highest BCUT2D eigenvalue weighted by Gasteiger charge is 2.21. The van der Waals surface area contributed by atoms with Crippen LogP contribution in [0.3, 0.4) is 0 Å². The standard InChI is InChI=1S/C17H20ClN3O5S/c1-4-24-13-7-11(8-19-21-17-20-14(22)9-27-17)6-12(18)15(13)26-10(3)16(23)25-5-2/h6-8,10H,4-5,9H2,1-3H3,(H,20,21,22). The first-order chi connectivity index (χ1) is 12.9. The average Bonchev–Trinajstić information content (AvgIpc) is 3.03. The molecule has 1 saturated heterocycles. The first kappa shape index (κ1) is 21.0. The van der Waals surface area contributed by atoms with Crippen molar-refractivity contribution in [1.82, 2.24) is 5.32 Å². The largest absolute Gasteiger partial charge is 0.490 e. The Morgan fingerprint density at radius 2 is 2.19 bits per heavy atom. The van der Waals surface area contributed by atoms with Gasteiger partial charge in [-0.1, -0.05) is 23.4 Å². The maximum absolute atomic E-state index is 11.8. The second kappa shape index (κ2) is 10.2. The van der Waals surface area contributed by atoms with Gasteiger partial charge in [-0.05, 0) is 32.9 Å². The van der Waals surface area contributed by atoms with Gasteiger partial charge in [0.25, 0.3) is 0 Å². The van der Waals surface area contributed by atoms with Gasteiger partial charge in [-0.2, -0.15) is 5.10 Å². The minimum Gasteiger partial charge on any atom is -0.490 e. The maximum atomic E-state index is 11.8. The SMILES string of the molecule is CCOC(=O)C(C)Oc1c(Cl)cc(C=NN=C2NC(=O)CS2)cc1OCC. The Bertz CT molecular complexity index is 769. The van der Waals surface area contributed by atoms with Crippen molar-refractivity contribution in [2.45, 2.75) is 26.9 Å². The van der Waals surface area contributed by atoms with E-state index in [0.29, 0.717) is 28.8 Å². The summed E-state index contributed by atoms with van der Waals surface area (Å²) in [6, 6.07) is 3.29. The van der Waals surface area contributed by atoms with Crippen LogP contribution in [-0.2, 0) is 14.3 Å². The fraction of sp³-hybridized carbons (Fsp3) is 0.412. The normalized spacial score (nSPS) is 16.4. The zero-order valence-corrected chi connectivity index (χ0v) is 16.7. The number of amidine groups is 1. The van der Waals surface area contributed by atoms with Gasteiger partial charge in [-0.25, -0.2) is 4.79 Å². The number of hydrogen-bond acceptors (Lipinski definition) is 8. The fourth-order valence-corrected chi connectivity index (χ4v) is 2.95. The Morgan fingerprint density at radius 1 is 1.41 bits per heavy atom. The maximum Gasteiger partial charge on any atom is 0.347 e. The predicted octanol–water partition coefficient (Wildman–Crippen LogP) is 2.62. The molecule has 1 atom stereocenters. The van der Waals surface area contributed by atoms with Crippen LogP contribution in [0.5, 0.6) is 11.5 Å². The molecular formula is C17H20ClN3O5S. The molecule has 8 nitrogen and oxygen atoms in total. The average molecular weight is 414 g/mol. The molecule has 27 heavy (non-hydrogen) atoms. The Morgan fingerprint density at radius 3 is 2.81 bits per heavy atom. The summed E-state index contributed by atoms with van der Waals surface area (Å²) in [7, 11) is 0. The summed E-state index contributed by atoms with van der Waals surface area (Å²) in [5.41, 5.74) is 0.623. The summed E-state index contributed by atoms with van der Waals surface area (Å²) in [6.07, 6.45) is 0.640. The van der Waals surface area contributed by atoms with E-state index >= 15 is 0 Å². The molecule has 1 unspecified atom stereocenters. The molecule has 0 radical (unpaired) electrons. The summed E-state index contributed by atoms with van der Waals surface area (Å²) < 4.78 is 16.1. The van der Waals surface area contributed by atoms with E-state index in [9.17, 15) is 9.59 Å². The Labute approximate surface area is 166 Å². The number of amides is 1. The van der Waals surface area contributed by atoms with Gasteiger partial charge in [0, 0.05) is 5.56 Å². The molecule has 0 saturated carbocycles. The third kappa shape index (κ3) is 6.14. The number of carbonyl (C=O) groups excluding carboxylic acids is 2. The van der Waals surface area contributed by atoms with Crippen LogP contribution in [0, 0.1) is 0 Å². The third-order valence-corrected chi connectivity index (χ3v) is 4.33. The smallest absolute Gasteiger partial charge is 0.347 e. The van der Waals surface area contributed by atoms with Gasteiger partial charge >= 0.3 is 5.97 Å². The van der Waals surface area contributed by atoms with E-state index < -0.39 is 12.1 Å². The van der Waals surface area contributed by atoms with Gasteiger partial charge in [-0.15, -0.1) is 5.10 Å². The van der Waals surface area contributed by atoms with E-state index in [4.69, 9.17) is 25.8 Å². The number of nitrogens with zero attached hydrogens (tertiary/aromatic N) is 2. The molecule has 10 heteroatoms. The Balaban J connectivity index is 2.19. The highest BCUT2D eigenvalue weighted by molar-refractivity contribution is 8.15. The zero-order chi connectivity index (χ0) is 19.8. The van der Waals surface area contributed by atoms with Gasteiger partial charge in [0.1, 0.15) is 0 Å². The Kier molecular flexibility index (Phi) is 7.93. The molecule has 0 spiro atoms. The third-order valence-electron chi connectivity index (χ3n) is 3.19. The monoisotopic (exact) mass is 413 g/mol. The lowest BCUT2D eigenvalue weighted by Crippen LogP contribution is -2.26.